The Balaban J connectivity index is 1.19. The smallest absolute Gasteiger partial charge is 0.293 e. The van der Waals surface area contributed by atoms with E-state index in [-0.39, 0.29) is 93.8 Å². The average Bonchev–Trinajstić information content (AvgIpc) is 3.77. The molecule has 1 saturated carbocycles. The predicted octanol–water partition coefficient (Wildman–Crippen LogP) is 5.93. The molecule has 2 aromatic carbocycles. The summed E-state index contributed by atoms with van der Waals surface area (Å²) in [5, 5.41) is 10.5. The Labute approximate surface area is 367 Å². The number of ether oxygens (including phenoxy) is 1. The summed E-state index contributed by atoms with van der Waals surface area (Å²) >= 11 is 6.62. The van der Waals surface area contributed by atoms with Gasteiger partial charge >= 0.3 is 0 Å². The zero-order valence-corrected chi connectivity index (χ0v) is 35.5. The van der Waals surface area contributed by atoms with Crippen molar-refractivity contribution in [1.29, 1.82) is 0 Å². The molecule has 6 aromatic rings. The van der Waals surface area contributed by atoms with Gasteiger partial charge in [-0.05, 0) is 60.7 Å². The first-order valence-electron chi connectivity index (χ1n) is 19.9. The van der Waals surface area contributed by atoms with E-state index in [1.165, 1.54) is 40.9 Å². The second kappa shape index (κ2) is 16.2. The summed E-state index contributed by atoms with van der Waals surface area (Å²) in [5.41, 5.74) is -2.85. The molecule has 9 rings (SSSR count). The number of benzene rings is 2. The van der Waals surface area contributed by atoms with Gasteiger partial charge in [-0.25, -0.2) is 44.7 Å². The van der Waals surface area contributed by atoms with Crippen LogP contribution in [-0.2, 0) is 45.5 Å². The number of hydrogen-bond acceptors (Lipinski definition) is 10. The number of aromatic nitrogens is 7. The summed E-state index contributed by atoms with van der Waals surface area (Å²) < 4.78 is 151. The average molecular weight is 955 g/mol. The molecule has 25 heteroatoms. The number of nitrogens with zero attached hydrogens (tertiary/aromatic N) is 8. The Morgan fingerprint density at radius 2 is 1.78 bits per heavy atom. The van der Waals surface area contributed by atoms with Gasteiger partial charge in [0.05, 0.1) is 46.4 Å². The summed E-state index contributed by atoms with van der Waals surface area (Å²) in [4.78, 5) is 39.6. The first-order chi connectivity index (χ1) is 30.7. The molecule has 15 nitrogen and oxygen atoms in total. The maximum Gasteiger partial charge on any atom is 0.293 e. The van der Waals surface area contributed by atoms with E-state index >= 15 is 8.78 Å². The van der Waals surface area contributed by atoms with E-state index in [4.69, 9.17) is 21.3 Å². The van der Waals surface area contributed by atoms with Crippen molar-refractivity contribution in [3.05, 3.63) is 97.8 Å². The van der Waals surface area contributed by atoms with E-state index in [1.54, 1.807) is 0 Å². The van der Waals surface area contributed by atoms with Crippen LogP contribution in [0.1, 0.15) is 53.0 Å². The SMILES string of the molecule is Cn1nc(NS(C)(=O)=O)c2c(Cl)ccc(-n3c([C@@H](CNC(=O)Cn4nc(C(F)F)c5c4C(F)(F)[C@@H]4C[C@H]54)Cc4cc(F)cc(F)c4)nc4nc(N5CCOC(C(F)F)C5)ccc4c3=O)c21. The van der Waals surface area contributed by atoms with Crippen molar-refractivity contribution in [3.8, 4) is 5.69 Å². The molecule has 1 unspecified atom stereocenters. The fourth-order valence-electron chi connectivity index (χ4n) is 8.85. The van der Waals surface area contributed by atoms with Gasteiger partial charge in [0, 0.05) is 43.6 Å². The van der Waals surface area contributed by atoms with Gasteiger partial charge in [0.2, 0.25) is 15.9 Å². The van der Waals surface area contributed by atoms with Crippen LogP contribution < -0.4 is 20.5 Å². The molecule has 1 saturated heterocycles. The number of nitrogens with one attached hydrogen (secondary N) is 2. The number of anilines is 2. The number of halogens is 9. The lowest BCUT2D eigenvalue weighted by molar-refractivity contribution is -0.122. The molecule has 0 radical (unpaired) electrons. The summed E-state index contributed by atoms with van der Waals surface area (Å²) in [6, 6.07) is 8.13. The molecule has 1 aliphatic heterocycles. The third kappa shape index (κ3) is 8.12. The van der Waals surface area contributed by atoms with E-state index in [0.717, 1.165) is 23.0 Å². The molecule has 0 bridgehead atoms. The first-order valence-corrected chi connectivity index (χ1v) is 22.2. The van der Waals surface area contributed by atoms with Gasteiger partial charge in [-0.3, -0.25) is 28.2 Å². The molecule has 5 heterocycles. The maximum atomic E-state index is 15.4. The van der Waals surface area contributed by atoms with Gasteiger partial charge in [0.1, 0.15) is 47.3 Å². The van der Waals surface area contributed by atoms with Crippen LogP contribution in [0.5, 0.6) is 0 Å². The number of alkyl halides is 6. The Morgan fingerprint density at radius 1 is 1.05 bits per heavy atom. The topological polar surface area (TPSA) is 171 Å². The number of amides is 1. The largest absolute Gasteiger partial charge is 0.369 e. The Bertz CT molecular complexity index is 3070. The third-order valence-corrected chi connectivity index (χ3v) is 12.5. The number of carbonyl (C=O) groups is 1. The lowest BCUT2D eigenvalue weighted by Crippen LogP contribution is -2.46. The van der Waals surface area contributed by atoms with Crippen LogP contribution in [0.4, 0.5) is 46.8 Å². The lowest BCUT2D eigenvalue weighted by Gasteiger charge is -2.33. The number of aryl methyl sites for hydroxylation is 1. The maximum absolute atomic E-state index is 15.4. The van der Waals surface area contributed by atoms with Crippen LogP contribution in [0.15, 0.2) is 47.3 Å². The number of carbonyl (C=O) groups excluding carboxylic acids is 1. The standard InChI is InChI=1S/C40H35ClF8N10O5S/c1-56-32-25(5-4-24(41)30(32)37(54-56)55-65(2,62)63)59-38(52-36-21(39(59)61)3-6-27(51-36)57-7-8-64-26(15-57)34(44)45)18(9-17-10-19(42)12-20(43)11-17)14-50-28(60)16-58-33-29(31(53-58)35(46)47)22-13-23(22)40(33,48)49/h3-6,10-12,18,22-23,26,34-35H,7-9,13-16H2,1-2H3,(H,50,60)(H,54,55)/t18-,22+,23-,26?/m1/s1. The van der Waals surface area contributed by atoms with Crippen molar-refractivity contribution in [1.82, 2.24) is 39.4 Å². The van der Waals surface area contributed by atoms with Gasteiger partial charge in [0.25, 0.3) is 24.3 Å². The highest BCUT2D eigenvalue weighted by molar-refractivity contribution is 7.92. The lowest BCUT2D eigenvalue weighted by atomic mass is 9.97. The Kier molecular flexibility index (Phi) is 11.1. The fourth-order valence-corrected chi connectivity index (χ4v) is 9.59. The van der Waals surface area contributed by atoms with Crippen molar-refractivity contribution in [3.63, 3.8) is 0 Å². The molecular formula is C40H35ClF8N10O5S. The van der Waals surface area contributed by atoms with Gasteiger partial charge in [-0.1, -0.05) is 11.6 Å². The molecule has 4 atom stereocenters. The molecule has 3 aliphatic rings. The van der Waals surface area contributed by atoms with Gasteiger partial charge in [-0.15, -0.1) is 0 Å². The molecule has 4 aromatic heterocycles. The van der Waals surface area contributed by atoms with Gasteiger partial charge < -0.3 is 15.0 Å². The quantitative estimate of drug-likeness (QED) is 0.132. The number of fused-ring (bicyclic) bond motifs is 5. The van der Waals surface area contributed by atoms with Crippen LogP contribution in [-0.4, -0.2) is 93.4 Å². The summed E-state index contributed by atoms with van der Waals surface area (Å²) in [7, 11) is -2.50. The number of hydrogen-bond donors (Lipinski definition) is 2. The van der Waals surface area contributed by atoms with Crippen LogP contribution in [0.3, 0.4) is 0 Å². The van der Waals surface area contributed by atoms with E-state index < -0.39 is 100 Å². The second-order valence-electron chi connectivity index (χ2n) is 16.1. The predicted molar refractivity (Wildman–Crippen MR) is 219 cm³/mol. The van der Waals surface area contributed by atoms with Crippen molar-refractivity contribution < 1.29 is 53.1 Å². The fraction of sp³-hybridized carbons (Fsp3) is 0.400. The van der Waals surface area contributed by atoms with Crippen LogP contribution in [0.2, 0.25) is 5.02 Å². The van der Waals surface area contributed by atoms with Crippen molar-refractivity contribution in [2.75, 3.05) is 42.1 Å². The molecule has 65 heavy (non-hydrogen) atoms. The number of rotatable bonds is 13. The molecule has 344 valence electrons. The molecule has 2 N–H and O–H groups in total. The van der Waals surface area contributed by atoms with Gasteiger partial charge in [0.15, 0.2) is 11.5 Å². The monoisotopic (exact) mass is 954 g/mol. The molecule has 1 amide bonds. The zero-order chi connectivity index (χ0) is 46.4. The molecular weight excluding hydrogens is 920 g/mol. The number of pyridine rings is 1. The number of sulfonamides is 1. The molecule has 2 aliphatic carbocycles. The Morgan fingerprint density at radius 3 is 2.48 bits per heavy atom. The number of morpholine rings is 1. The first kappa shape index (κ1) is 44.3. The minimum Gasteiger partial charge on any atom is -0.369 e. The molecule has 0 spiro atoms. The van der Waals surface area contributed by atoms with Crippen molar-refractivity contribution in [2.24, 2.45) is 13.0 Å². The van der Waals surface area contributed by atoms with E-state index in [9.17, 15) is 44.3 Å². The van der Waals surface area contributed by atoms with Crippen LogP contribution >= 0.6 is 11.6 Å². The molecule has 2 fully saturated rings. The van der Waals surface area contributed by atoms with Crippen molar-refractivity contribution in [2.45, 2.75) is 56.1 Å². The van der Waals surface area contributed by atoms with Gasteiger partial charge in [-0.2, -0.15) is 19.0 Å². The highest BCUT2D eigenvalue weighted by Crippen LogP contribution is 2.68. The Hall–Kier alpha value is -5.88. The highest BCUT2D eigenvalue weighted by Gasteiger charge is 2.67. The van der Waals surface area contributed by atoms with E-state index in [0.29, 0.717) is 10.7 Å². The summed E-state index contributed by atoms with van der Waals surface area (Å²) in [6.45, 7) is -1.67. The van der Waals surface area contributed by atoms with E-state index in [1.807, 2.05) is 0 Å². The highest BCUT2D eigenvalue weighted by atomic mass is 35.5. The zero-order valence-electron chi connectivity index (χ0n) is 33.9. The summed E-state index contributed by atoms with van der Waals surface area (Å²) in [6.07, 6.45) is -6.97. The second-order valence-corrected chi connectivity index (χ2v) is 18.3. The normalized spacial score (nSPS) is 19.6. The third-order valence-electron chi connectivity index (χ3n) is 11.7. The van der Waals surface area contributed by atoms with Crippen molar-refractivity contribution >= 4 is 61.1 Å². The minimum atomic E-state index is -3.94. The van der Waals surface area contributed by atoms with E-state index in [2.05, 4.69) is 25.2 Å². The van der Waals surface area contributed by atoms with Crippen LogP contribution in [0.25, 0.3) is 27.6 Å². The summed E-state index contributed by atoms with van der Waals surface area (Å²) in [5.74, 6) is -10.1. The minimum absolute atomic E-state index is 0.00144. The van der Waals surface area contributed by atoms with Crippen LogP contribution in [0, 0.1) is 17.6 Å².